The maximum atomic E-state index is 12.9. The summed E-state index contributed by atoms with van der Waals surface area (Å²) in [5, 5.41) is 0. The molecule has 1 aliphatic heterocycles. The number of benzene rings is 2. The Labute approximate surface area is 163 Å². The lowest BCUT2D eigenvalue weighted by Crippen LogP contribution is -2.29. The molecule has 0 aliphatic carbocycles. The zero-order valence-electron chi connectivity index (χ0n) is 16.0. The number of methoxy groups -OCH3 is 2. The maximum absolute atomic E-state index is 12.9. The molecule has 0 saturated carbocycles. The van der Waals surface area contributed by atoms with Crippen LogP contribution in [-0.4, -0.2) is 41.5 Å². The minimum Gasteiger partial charge on any atom is -0.497 e. The molecular weight excluding hydrogens is 354 g/mol. The third-order valence-corrected chi connectivity index (χ3v) is 5.11. The first-order valence-electron chi connectivity index (χ1n) is 9.35. The molecule has 3 aromatic rings. The number of hydrogen-bond acceptors (Lipinski definition) is 4. The van der Waals surface area contributed by atoms with Crippen molar-refractivity contribution < 1.29 is 14.3 Å². The normalized spacial score (nSPS) is 16.8. The summed E-state index contributed by atoms with van der Waals surface area (Å²) in [6.07, 6.45) is 5.26. The second-order valence-electron chi connectivity index (χ2n) is 6.77. The summed E-state index contributed by atoms with van der Waals surface area (Å²) in [4.78, 5) is 22.8. The summed E-state index contributed by atoms with van der Waals surface area (Å²) in [7, 11) is 3.21. The molecule has 1 fully saturated rings. The Morgan fingerprint density at radius 1 is 1.21 bits per heavy atom. The zero-order valence-corrected chi connectivity index (χ0v) is 16.0. The Morgan fingerprint density at radius 2 is 2.07 bits per heavy atom. The van der Waals surface area contributed by atoms with Crippen LogP contribution in [0, 0.1) is 0 Å². The van der Waals surface area contributed by atoms with Crippen molar-refractivity contribution in [3.05, 3.63) is 59.9 Å². The number of H-pyrrole nitrogens is 1. The molecule has 1 aliphatic rings. The number of hydrogen-bond donors (Lipinski definition) is 1. The van der Waals surface area contributed by atoms with Crippen LogP contribution < -0.4 is 9.47 Å². The van der Waals surface area contributed by atoms with E-state index in [4.69, 9.17) is 9.47 Å². The van der Waals surface area contributed by atoms with Gasteiger partial charge in [-0.1, -0.05) is 12.1 Å². The fourth-order valence-corrected chi connectivity index (χ4v) is 3.66. The van der Waals surface area contributed by atoms with Crippen LogP contribution in [0.5, 0.6) is 11.5 Å². The van der Waals surface area contributed by atoms with E-state index in [2.05, 4.69) is 9.97 Å². The summed E-state index contributed by atoms with van der Waals surface area (Å²) in [5.74, 6) is 2.20. The SMILES string of the molecule is COc1ccc(C=CC(=O)N2CCCC2c2nc3ccccc3[nH]2)c(OC)c1. The predicted octanol–water partition coefficient (Wildman–Crippen LogP) is 3.96. The highest BCUT2D eigenvalue weighted by atomic mass is 16.5. The second-order valence-corrected chi connectivity index (χ2v) is 6.77. The van der Waals surface area contributed by atoms with Gasteiger partial charge in [0.15, 0.2) is 0 Å². The molecule has 0 spiro atoms. The van der Waals surface area contributed by atoms with Gasteiger partial charge in [0.05, 0.1) is 31.3 Å². The standard InChI is InChI=1S/C22H23N3O3/c1-27-16-11-9-15(20(14-16)28-2)10-12-21(26)25-13-5-8-19(25)22-23-17-6-3-4-7-18(17)24-22/h3-4,6-7,9-12,14,19H,5,8,13H2,1-2H3,(H,23,24). The molecule has 2 aromatic carbocycles. The number of carbonyl (C=O) groups is 1. The minimum atomic E-state index is -0.0270. The van der Waals surface area contributed by atoms with Crippen LogP contribution in [0.15, 0.2) is 48.5 Å². The smallest absolute Gasteiger partial charge is 0.247 e. The number of likely N-dealkylation sites (tertiary alicyclic amines) is 1. The molecule has 1 amide bonds. The first-order valence-corrected chi connectivity index (χ1v) is 9.35. The van der Waals surface area contributed by atoms with Crippen molar-refractivity contribution in [3.63, 3.8) is 0 Å². The van der Waals surface area contributed by atoms with Crippen LogP contribution in [0.25, 0.3) is 17.1 Å². The Morgan fingerprint density at radius 3 is 2.86 bits per heavy atom. The van der Waals surface area contributed by atoms with Gasteiger partial charge in [-0.15, -0.1) is 0 Å². The molecule has 0 bridgehead atoms. The van der Waals surface area contributed by atoms with Gasteiger partial charge in [0, 0.05) is 24.3 Å². The number of aromatic nitrogens is 2. The van der Waals surface area contributed by atoms with Crippen LogP contribution in [0.3, 0.4) is 0 Å². The number of ether oxygens (including phenoxy) is 2. The highest BCUT2D eigenvalue weighted by Gasteiger charge is 2.31. The number of nitrogens with zero attached hydrogens (tertiary/aromatic N) is 2. The van der Waals surface area contributed by atoms with Crippen molar-refractivity contribution in [2.24, 2.45) is 0 Å². The summed E-state index contributed by atoms with van der Waals surface area (Å²) < 4.78 is 10.6. The van der Waals surface area contributed by atoms with Crippen LogP contribution in [0.4, 0.5) is 0 Å². The lowest BCUT2D eigenvalue weighted by Gasteiger charge is -2.21. The first kappa shape index (κ1) is 18.1. The van der Waals surface area contributed by atoms with Crippen molar-refractivity contribution in [3.8, 4) is 11.5 Å². The Hall–Kier alpha value is -3.28. The fraction of sp³-hybridized carbons (Fsp3) is 0.273. The van der Waals surface area contributed by atoms with Gasteiger partial charge in [-0.2, -0.15) is 0 Å². The van der Waals surface area contributed by atoms with Gasteiger partial charge in [-0.05, 0) is 43.2 Å². The average molecular weight is 377 g/mol. The van der Waals surface area contributed by atoms with Crippen LogP contribution in [0.2, 0.25) is 0 Å². The van der Waals surface area contributed by atoms with Crippen molar-refractivity contribution >= 4 is 23.0 Å². The van der Waals surface area contributed by atoms with E-state index >= 15 is 0 Å². The number of amides is 1. The molecule has 1 unspecified atom stereocenters. The molecule has 4 rings (SSSR count). The highest BCUT2D eigenvalue weighted by Crippen LogP contribution is 2.32. The lowest BCUT2D eigenvalue weighted by atomic mass is 10.1. The molecule has 28 heavy (non-hydrogen) atoms. The zero-order chi connectivity index (χ0) is 19.5. The van der Waals surface area contributed by atoms with Gasteiger partial charge in [-0.25, -0.2) is 4.98 Å². The Bertz CT molecular complexity index is 992. The predicted molar refractivity (Wildman–Crippen MR) is 108 cm³/mol. The van der Waals surface area contributed by atoms with E-state index in [-0.39, 0.29) is 11.9 Å². The number of imidazole rings is 1. The monoisotopic (exact) mass is 377 g/mol. The summed E-state index contributed by atoms with van der Waals surface area (Å²) >= 11 is 0. The van der Waals surface area contributed by atoms with Crippen molar-refractivity contribution in [2.75, 3.05) is 20.8 Å². The average Bonchev–Trinajstić information content (AvgIpc) is 3.38. The lowest BCUT2D eigenvalue weighted by molar-refractivity contribution is -0.126. The number of rotatable bonds is 5. The molecule has 6 nitrogen and oxygen atoms in total. The molecule has 1 saturated heterocycles. The van der Waals surface area contributed by atoms with E-state index in [1.807, 2.05) is 41.3 Å². The van der Waals surface area contributed by atoms with Crippen LogP contribution in [-0.2, 0) is 4.79 Å². The van der Waals surface area contributed by atoms with Gasteiger partial charge in [0.1, 0.15) is 17.3 Å². The highest BCUT2D eigenvalue weighted by molar-refractivity contribution is 5.92. The van der Waals surface area contributed by atoms with Gasteiger partial charge in [0.25, 0.3) is 0 Å². The first-order chi connectivity index (χ1) is 13.7. The Balaban J connectivity index is 1.54. The number of carbonyl (C=O) groups excluding carboxylic acids is 1. The van der Waals surface area contributed by atoms with Gasteiger partial charge >= 0.3 is 0 Å². The van der Waals surface area contributed by atoms with Crippen molar-refractivity contribution in [1.82, 2.24) is 14.9 Å². The molecule has 1 aromatic heterocycles. The molecule has 6 heteroatoms. The van der Waals surface area contributed by atoms with Crippen LogP contribution >= 0.6 is 0 Å². The molecule has 1 N–H and O–H groups in total. The third kappa shape index (κ3) is 3.45. The largest absolute Gasteiger partial charge is 0.497 e. The number of para-hydroxylation sites is 2. The topological polar surface area (TPSA) is 67.5 Å². The fourth-order valence-electron chi connectivity index (χ4n) is 3.66. The van der Waals surface area contributed by atoms with Crippen LogP contribution in [0.1, 0.15) is 30.3 Å². The van der Waals surface area contributed by atoms with Crippen molar-refractivity contribution in [2.45, 2.75) is 18.9 Å². The van der Waals surface area contributed by atoms with Crippen molar-refractivity contribution in [1.29, 1.82) is 0 Å². The second kappa shape index (κ2) is 7.76. The Kier molecular flexibility index (Phi) is 5.02. The van der Waals surface area contributed by atoms with Gasteiger partial charge in [0.2, 0.25) is 5.91 Å². The number of nitrogens with one attached hydrogen (secondary N) is 1. The number of aromatic amines is 1. The quantitative estimate of drug-likeness (QED) is 0.684. The van der Waals surface area contributed by atoms with Gasteiger partial charge < -0.3 is 19.4 Å². The van der Waals surface area contributed by atoms with E-state index in [1.54, 1.807) is 32.4 Å². The molecule has 1 atom stereocenters. The molecule has 0 radical (unpaired) electrons. The van der Waals surface area contributed by atoms with E-state index in [0.717, 1.165) is 41.8 Å². The molecule has 144 valence electrons. The third-order valence-electron chi connectivity index (χ3n) is 5.11. The molecule has 2 heterocycles. The number of fused-ring (bicyclic) bond motifs is 1. The summed E-state index contributed by atoms with van der Waals surface area (Å²) in [6, 6.07) is 13.4. The minimum absolute atomic E-state index is 0.0256. The van der Waals surface area contributed by atoms with E-state index < -0.39 is 0 Å². The summed E-state index contributed by atoms with van der Waals surface area (Å²) in [6.45, 7) is 0.727. The molecular formula is C22H23N3O3. The van der Waals surface area contributed by atoms with Gasteiger partial charge in [-0.3, -0.25) is 4.79 Å². The maximum Gasteiger partial charge on any atom is 0.247 e. The van der Waals surface area contributed by atoms with E-state index in [1.165, 1.54) is 0 Å². The summed E-state index contributed by atoms with van der Waals surface area (Å²) in [5.41, 5.74) is 2.75. The van der Waals surface area contributed by atoms with E-state index in [0.29, 0.717) is 11.5 Å². The van der Waals surface area contributed by atoms with E-state index in [9.17, 15) is 4.79 Å².